The molecule has 0 aromatic heterocycles. The predicted octanol–water partition coefficient (Wildman–Crippen LogP) is 0.672. The number of fused-ring (bicyclic) bond motifs is 3. The van der Waals surface area contributed by atoms with E-state index >= 15 is 0 Å². The third-order valence-corrected chi connectivity index (χ3v) is 4.79. The smallest absolute Gasteiger partial charge is 0.408 e. The molecule has 2 N–H and O–H groups in total. The summed E-state index contributed by atoms with van der Waals surface area (Å²) in [6.07, 6.45) is 3.74. The summed E-state index contributed by atoms with van der Waals surface area (Å²) in [7, 11) is 0. The van der Waals surface area contributed by atoms with Gasteiger partial charge in [-0.05, 0) is 12.8 Å². The maximum atomic E-state index is 11.4. The number of amides is 1. The van der Waals surface area contributed by atoms with Crippen molar-refractivity contribution < 1.29 is 24.1 Å². The summed E-state index contributed by atoms with van der Waals surface area (Å²) in [5.74, 6) is -0.491. The van der Waals surface area contributed by atoms with Crippen molar-refractivity contribution in [2.75, 3.05) is 0 Å². The predicted molar refractivity (Wildman–Crippen MR) is 63.4 cm³/mol. The number of aliphatic hydroxyl groups is 1. The molecule has 0 bridgehead atoms. The maximum absolute atomic E-state index is 11.4. The lowest BCUT2D eigenvalue weighted by molar-refractivity contribution is -0.194. The monoisotopic (exact) mass is 269 g/mol. The second-order valence-corrected chi connectivity index (χ2v) is 6.05. The van der Waals surface area contributed by atoms with Crippen molar-refractivity contribution in [3.05, 3.63) is 0 Å². The van der Waals surface area contributed by atoms with Gasteiger partial charge in [0.2, 0.25) is 0 Å². The molecule has 19 heavy (non-hydrogen) atoms. The summed E-state index contributed by atoms with van der Waals surface area (Å²) < 4.78 is 17.4. The molecule has 2 aliphatic heterocycles. The number of hydrogen-bond acceptors (Lipinski definition) is 5. The Morgan fingerprint density at radius 1 is 1.16 bits per heavy atom. The Balaban J connectivity index is 1.58. The van der Waals surface area contributed by atoms with Gasteiger partial charge < -0.3 is 24.6 Å². The Bertz CT molecular complexity index is 394. The molecule has 0 aromatic rings. The summed E-state index contributed by atoms with van der Waals surface area (Å²) >= 11 is 0. The highest BCUT2D eigenvalue weighted by atomic mass is 16.8. The molecule has 2 aliphatic carbocycles. The highest BCUT2D eigenvalue weighted by Gasteiger charge is 2.59. The van der Waals surface area contributed by atoms with E-state index in [0.29, 0.717) is 6.42 Å². The Morgan fingerprint density at radius 3 is 2.74 bits per heavy atom. The first-order valence-electron chi connectivity index (χ1n) is 7.18. The van der Waals surface area contributed by atoms with Crippen molar-refractivity contribution in [1.82, 2.24) is 5.32 Å². The Hall–Kier alpha value is -0.850. The van der Waals surface area contributed by atoms with Gasteiger partial charge in [-0.3, -0.25) is 0 Å². The number of alkyl carbamates (subject to hydrolysis) is 1. The molecule has 0 radical (unpaired) electrons. The molecule has 2 saturated heterocycles. The average Bonchev–Trinajstić information content (AvgIpc) is 2.92. The molecule has 5 atom stereocenters. The highest BCUT2D eigenvalue weighted by Crippen LogP contribution is 2.45. The van der Waals surface area contributed by atoms with Gasteiger partial charge in [-0.2, -0.15) is 0 Å². The van der Waals surface area contributed by atoms with E-state index in [1.165, 1.54) is 6.42 Å². The third-order valence-electron chi connectivity index (χ3n) is 4.79. The van der Waals surface area contributed by atoms with E-state index in [9.17, 15) is 9.90 Å². The first kappa shape index (κ1) is 11.9. The van der Waals surface area contributed by atoms with Gasteiger partial charge in [-0.25, -0.2) is 4.79 Å². The van der Waals surface area contributed by atoms with Crippen molar-refractivity contribution >= 4 is 6.09 Å². The van der Waals surface area contributed by atoms with Gasteiger partial charge >= 0.3 is 6.09 Å². The van der Waals surface area contributed by atoms with E-state index in [4.69, 9.17) is 14.2 Å². The zero-order valence-corrected chi connectivity index (χ0v) is 10.7. The minimum Gasteiger partial charge on any atom is -0.441 e. The van der Waals surface area contributed by atoms with Gasteiger partial charge in [0.25, 0.3) is 0 Å². The number of ether oxygens (including phenoxy) is 3. The molecule has 2 heterocycles. The summed E-state index contributed by atoms with van der Waals surface area (Å²) in [6, 6.07) is -0.289. The van der Waals surface area contributed by atoms with Crippen LogP contribution >= 0.6 is 0 Å². The molecular formula is C13H19NO5. The van der Waals surface area contributed by atoms with Crippen LogP contribution < -0.4 is 5.32 Å². The van der Waals surface area contributed by atoms with Crippen molar-refractivity contribution in [2.24, 2.45) is 0 Å². The standard InChI is InChI=1S/C13H19NO5/c15-7-6-8-11(9-10(7)17-12(16)14-9)19-13(18-8)4-2-1-3-5-13/h7-11,15H,1-6H2,(H,14,16)/t7-,8-,9-,10-,11-/m1/s1. The van der Waals surface area contributed by atoms with E-state index in [1.54, 1.807) is 0 Å². The second kappa shape index (κ2) is 4.07. The van der Waals surface area contributed by atoms with E-state index in [1.807, 2.05) is 0 Å². The summed E-state index contributed by atoms with van der Waals surface area (Å²) in [5.41, 5.74) is 0. The van der Waals surface area contributed by atoms with Crippen LogP contribution in [0.15, 0.2) is 0 Å². The number of nitrogens with one attached hydrogen (secondary N) is 1. The van der Waals surface area contributed by atoms with Gasteiger partial charge in [-0.15, -0.1) is 0 Å². The Morgan fingerprint density at radius 2 is 1.95 bits per heavy atom. The second-order valence-electron chi connectivity index (χ2n) is 6.05. The molecule has 2 saturated carbocycles. The zero-order valence-electron chi connectivity index (χ0n) is 10.7. The molecule has 6 nitrogen and oxygen atoms in total. The van der Waals surface area contributed by atoms with Crippen LogP contribution in [-0.2, 0) is 14.2 Å². The number of rotatable bonds is 0. The van der Waals surface area contributed by atoms with E-state index in [2.05, 4.69) is 5.32 Å². The van der Waals surface area contributed by atoms with Crippen molar-refractivity contribution in [3.8, 4) is 0 Å². The van der Waals surface area contributed by atoms with Crippen LogP contribution in [0.1, 0.15) is 38.5 Å². The lowest BCUT2D eigenvalue weighted by atomic mass is 9.86. The Labute approximate surface area is 111 Å². The van der Waals surface area contributed by atoms with E-state index in [0.717, 1.165) is 25.7 Å². The SMILES string of the molecule is O=C1N[C@@H]2[C@H](O1)[C@H](O)C[C@H]1OC3(CCCCC3)O[C@@H]21. The summed E-state index contributed by atoms with van der Waals surface area (Å²) in [6.45, 7) is 0. The summed E-state index contributed by atoms with van der Waals surface area (Å²) in [4.78, 5) is 11.4. The molecule has 4 rings (SSSR count). The van der Waals surface area contributed by atoms with Crippen LogP contribution in [0.3, 0.4) is 0 Å². The number of carbonyl (C=O) groups is 1. The molecule has 0 aromatic carbocycles. The van der Waals surface area contributed by atoms with Gasteiger partial charge in [-0.1, -0.05) is 6.42 Å². The van der Waals surface area contributed by atoms with Crippen LogP contribution in [0.2, 0.25) is 0 Å². The first-order valence-corrected chi connectivity index (χ1v) is 7.18. The fraction of sp³-hybridized carbons (Fsp3) is 0.923. The molecule has 6 heteroatoms. The van der Waals surface area contributed by atoms with Crippen LogP contribution in [-0.4, -0.2) is 47.4 Å². The molecule has 1 amide bonds. The molecule has 1 spiro atoms. The lowest BCUT2D eigenvalue weighted by Crippen LogP contribution is -2.56. The Kier molecular flexibility index (Phi) is 2.56. The van der Waals surface area contributed by atoms with Gasteiger partial charge in [0.15, 0.2) is 11.9 Å². The molecule has 4 aliphatic rings. The van der Waals surface area contributed by atoms with Crippen molar-refractivity contribution in [2.45, 2.75) is 74.8 Å². The summed E-state index contributed by atoms with van der Waals surface area (Å²) in [5, 5.41) is 12.8. The number of carbonyl (C=O) groups excluding carboxylic acids is 1. The maximum Gasteiger partial charge on any atom is 0.408 e. The van der Waals surface area contributed by atoms with Gasteiger partial charge in [0.05, 0.1) is 12.2 Å². The van der Waals surface area contributed by atoms with Crippen LogP contribution in [0.25, 0.3) is 0 Å². The quantitative estimate of drug-likeness (QED) is 0.676. The minimum atomic E-state index is -0.674. The van der Waals surface area contributed by atoms with Crippen LogP contribution in [0.5, 0.6) is 0 Å². The average molecular weight is 269 g/mol. The van der Waals surface area contributed by atoms with Gasteiger partial charge in [0, 0.05) is 19.3 Å². The van der Waals surface area contributed by atoms with Crippen molar-refractivity contribution in [1.29, 1.82) is 0 Å². The molecular weight excluding hydrogens is 250 g/mol. The van der Waals surface area contributed by atoms with Crippen molar-refractivity contribution in [3.63, 3.8) is 0 Å². The molecule has 4 fully saturated rings. The molecule has 106 valence electrons. The lowest BCUT2D eigenvalue weighted by Gasteiger charge is -2.34. The normalized spacial score (nSPS) is 47.4. The molecule has 0 unspecified atom stereocenters. The topological polar surface area (TPSA) is 77.0 Å². The minimum absolute atomic E-state index is 0.142. The zero-order chi connectivity index (χ0) is 13.0. The fourth-order valence-corrected chi connectivity index (χ4v) is 3.92. The van der Waals surface area contributed by atoms with Gasteiger partial charge in [0.1, 0.15) is 12.1 Å². The largest absolute Gasteiger partial charge is 0.441 e. The number of hydrogen-bond donors (Lipinski definition) is 2. The first-order chi connectivity index (χ1) is 9.17. The van der Waals surface area contributed by atoms with Crippen LogP contribution in [0.4, 0.5) is 4.79 Å². The highest BCUT2D eigenvalue weighted by molar-refractivity contribution is 5.70. The number of aliphatic hydroxyl groups excluding tert-OH is 1. The van der Waals surface area contributed by atoms with E-state index < -0.39 is 24.1 Å². The fourth-order valence-electron chi connectivity index (χ4n) is 3.92. The van der Waals surface area contributed by atoms with E-state index in [-0.39, 0.29) is 18.2 Å². The third kappa shape index (κ3) is 1.77. The van der Waals surface area contributed by atoms with Crippen LogP contribution in [0, 0.1) is 0 Å².